The van der Waals surface area contributed by atoms with E-state index in [-0.39, 0.29) is 18.1 Å². The fourth-order valence-electron chi connectivity index (χ4n) is 2.53. The molecule has 1 amide bonds. The van der Waals surface area contributed by atoms with Crippen LogP contribution >= 0.6 is 11.6 Å². The number of rotatable bonds is 4. The number of carbonyl (C=O) groups is 1. The molecule has 2 unspecified atom stereocenters. The Morgan fingerprint density at radius 3 is 3.00 bits per heavy atom. The first-order valence-electron chi connectivity index (χ1n) is 6.43. The first kappa shape index (κ1) is 13.4. The zero-order chi connectivity index (χ0) is 13.1. The van der Waals surface area contributed by atoms with Gasteiger partial charge in [-0.1, -0.05) is 37.1 Å². The summed E-state index contributed by atoms with van der Waals surface area (Å²) in [7, 11) is 0. The monoisotopic (exact) mass is 266 g/mol. The smallest absolute Gasteiger partial charge is 0.238 e. The Bertz CT molecular complexity index is 436. The number of benzene rings is 1. The summed E-state index contributed by atoms with van der Waals surface area (Å²) >= 11 is 6.02. The highest BCUT2D eigenvalue weighted by atomic mass is 35.5. The van der Waals surface area contributed by atoms with Crippen molar-refractivity contribution >= 4 is 17.5 Å². The Kier molecular flexibility index (Phi) is 4.25. The Hall–Kier alpha value is -1.06. The van der Waals surface area contributed by atoms with Crippen LogP contribution in [0.3, 0.4) is 0 Å². The number of nitrogens with zero attached hydrogens (tertiary/aromatic N) is 1. The van der Waals surface area contributed by atoms with E-state index < -0.39 is 0 Å². The van der Waals surface area contributed by atoms with Crippen molar-refractivity contribution in [3.8, 4) is 0 Å². The van der Waals surface area contributed by atoms with Gasteiger partial charge in [0.1, 0.15) is 6.17 Å². The molecular formula is C14H19ClN2O. The van der Waals surface area contributed by atoms with Gasteiger partial charge in [0.15, 0.2) is 0 Å². The van der Waals surface area contributed by atoms with Gasteiger partial charge in [0.05, 0.1) is 6.54 Å². The Balaban J connectivity index is 2.23. The molecule has 0 saturated carbocycles. The number of hydrogen-bond acceptors (Lipinski definition) is 2. The van der Waals surface area contributed by atoms with E-state index in [1.807, 2.05) is 29.2 Å². The summed E-state index contributed by atoms with van der Waals surface area (Å²) in [6.45, 7) is 4.65. The molecule has 0 spiro atoms. The van der Waals surface area contributed by atoms with E-state index >= 15 is 0 Å². The number of carbonyl (C=O) groups excluding carboxylic acids is 1. The van der Waals surface area contributed by atoms with Crippen LogP contribution < -0.4 is 5.32 Å². The van der Waals surface area contributed by atoms with Crippen molar-refractivity contribution in [1.29, 1.82) is 0 Å². The topological polar surface area (TPSA) is 32.3 Å². The molecule has 0 aromatic heterocycles. The van der Waals surface area contributed by atoms with E-state index in [1.54, 1.807) is 0 Å². The minimum atomic E-state index is -0.0438. The van der Waals surface area contributed by atoms with Crippen LogP contribution in [0.1, 0.15) is 38.4 Å². The van der Waals surface area contributed by atoms with Crippen molar-refractivity contribution in [2.45, 2.75) is 38.9 Å². The van der Waals surface area contributed by atoms with Gasteiger partial charge in [-0.15, -0.1) is 0 Å². The fraction of sp³-hybridized carbons (Fsp3) is 0.500. The zero-order valence-corrected chi connectivity index (χ0v) is 11.6. The number of amides is 1. The molecular weight excluding hydrogens is 248 g/mol. The summed E-state index contributed by atoms with van der Waals surface area (Å²) in [6.07, 6.45) is 2.05. The molecule has 3 nitrogen and oxygen atoms in total. The molecule has 1 aromatic carbocycles. The summed E-state index contributed by atoms with van der Waals surface area (Å²) in [4.78, 5) is 13.9. The second-order valence-electron chi connectivity index (χ2n) is 4.78. The van der Waals surface area contributed by atoms with Crippen molar-refractivity contribution in [2.24, 2.45) is 0 Å². The number of halogens is 1. The van der Waals surface area contributed by atoms with E-state index in [4.69, 9.17) is 11.6 Å². The van der Waals surface area contributed by atoms with Crippen LogP contribution in [0, 0.1) is 0 Å². The number of hydrogen-bond donors (Lipinski definition) is 1. The maximum atomic E-state index is 12.0. The molecule has 0 radical (unpaired) electrons. The van der Waals surface area contributed by atoms with Crippen LogP contribution in [-0.2, 0) is 4.79 Å². The van der Waals surface area contributed by atoms with Crippen LogP contribution in [0.5, 0.6) is 0 Å². The highest BCUT2D eigenvalue weighted by molar-refractivity contribution is 6.30. The van der Waals surface area contributed by atoms with Gasteiger partial charge < -0.3 is 4.90 Å². The first-order chi connectivity index (χ1) is 8.63. The SMILES string of the molecule is CCCC(C)N1C(=O)CNC1c1cccc(Cl)c1. The van der Waals surface area contributed by atoms with Gasteiger partial charge in [-0.2, -0.15) is 0 Å². The highest BCUT2D eigenvalue weighted by Gasteiger charge is 2.34. The lowest BCUT2D eigenvalue weighted by atomic mass is 10.1. The molecule has 0 bridgehead atoms. The Morgan fingerprint density at radius 1 is 1.56 bits per heavy atom. The zero-order valence-electron chi connectivity index (χ0n) is 10.8. The number of nitrogens with one attached hydrogen (secondary N) is 1. The summed E-state index contributed by atoms with van der Waals surface area (Å²) in [5.41, 5.74) is 1.05. The summed E-state index contributed by atoms with van der Waals surface area (Å²) < 4.78 is 0. The molecule has 1 aliphatic rings. The van der Waals surface area contributed by atoms with Crippen LogP contribution in [0.4, 0.5) is 0 Å². The molecule has 1 aliphatic heterocycles. The first-order valence-corrected chi connectivity index (χ1v) is 6.81. The van der Waals surface area contributed by atoms with Crippen molar-refractivity contribution in [3.63, 3.8) is 0 Å². The molecule has 1 aromatic rings. The minimum absolute atomic E-state index is 0.0438. The van der Waals surface area contributed by atoms with E-state index in [2.05, 4.69) is 19.2 Å². The van der Waals surface area contributed by atoms with Crippen LogP contribution in [-0.4, -0.2) is 23.4 Å². The predicted octanol–water partition coefficient (Wildman–Crippen LogP) is 2.96. The molecule has 18 heavy (non-hydrogen) atoms. The lowest BCUT2D eigenvalue weighted by molar-refractivity contribution is -0.130. The summed E-state index contributed by atoms with van der Waals surface area (Å²) in [5.74, 6) is 0.168. The fourth-order valence-corrected chi connectivity index (χ4v) is 2.73. The maximum absolute atomic E-state index is 12.0. The second kappa shape index (κ2) is 5.72. The molecule has 0 aliphatic carbocycles. The van der Waals surface area contributed by atoms with Gasteiger partial charge in [0.25, 0.3) is 0 Å². The van der Waals surface area contributed by atoms with Crippen molar-refractivity contribution in [2.75, 3.05) is 6.54 Å². The molecule has 1 N–H and O–H groups in total. The quantitative estimate of drug-likeness (QED) is 0.909. The van der Waals surface area contributed by atoms with E-state index in [9.17, 15) is 4.79 Å². The third kappa shape index (κ3) is 2.68. The van der Waals surface area contributed by atoms with Gasteiger partial charge in [0, 0.05) is 11.1 Å². The van der Waals surface area contributed by atoms with E-state index in [0.29, 0.717) is 11.6 Å². The average molecular weight is 267 g/mol. The van der Waals surface area contributed by atoms with Crippen molar-refractivity contribution in [1.82, 2.24) is 10.2 Å². The minimum Gasteiger partial charge on any atom is -0.319 e. The predicted molar refractivity (Wildman–Crippen MR) is 73.4 cm³/mol. The average Bonchev–Trinajstić information content (AvgIpc) is 2.71. The third-order valence-electron chi connectivity index (χ3n) is 3.36. The Labute approximate surface area is 113 Å². The van der Waals surface area contributed by atoms with Gasteiger partial charge in [-0.3, -0.25) is 10.1 Å². The van der Waals surface area contributed by atoms with Gasteiger partial charge in [-0.25, -0.2) is 0 Å². The molecule has 2 atom stereocenters. The van der Waals surface area contributed by atoms with Crippen LogP contribution in [0.15, 0.2) is 24.3 Å². The largest absolute Gasteiger partial charge is 0.319 e. The van der Waals surface area contributed by atoms with Crippen LogP contribution in [0.2, 0.25) is 5.02 Å². The lowest BCUT2D eigenvalue weighted by Crippen LogP contribution is -2.37. The molecule has 4 heteroatoms. The maximum Gasteiger partial charge on any atom is 0.238 e. The molecule has 1 heterocycles. The van der Waals surface area contributed by atoms with Gasteiger partial charge in [0.2, 0.25) is 5.91 Å². The van der Waals surface area contributed by atoms with E-state index in [0.717, 1.165) is 18.4 Å². The normalized spacial score (nSPS) is 21.4. The van der Waals surface area contributed by atoms with Gasteiger partial charge >= 0.3 is 0 Å². The third-order valence-corrected chi connectivity index (χ3v) is 3.59. The van der Waals surface area contributed by atoms with Crippen molar-refractivity contribution < 1.29 is 4.79 Å². The second-order valence-corrected chi connectivity index (χ2v) is 5.21. The van der Waals surface area contributed by atoms with Crippen molar-refractivity contribution in [3.05, 3.63) is 34.9 Å². The van der Waals surface area contributed by atoms with Crippen LogP contribution in [0.25, 0.3) is 0 Å². The summed E-state index contributed by atoms with van der Waals surface area (Å²) in [5, 5.41) is 3.96. The van der Waals surface area contributed by atoms with E-state index in [1.165, 1.54) is 0 Å². The summed E-state index contributed by atoms with van der Waals surface area (Å²) in [6, 6.07) is 7.95. The lowest BCUT2D eigenvalue weighted by Gasteiger charge is -2.30. The van der Waals surface area contributed by atoms with Gasteiger partial charge in [-0.05, 0) is 31.0 Å². The standard InChI is InChI=1S/C14H19ClN2O/c1-3-5-10(2)17-13(18)9-16-14(17)11-6-4-7-12(15)8-11/h4,6-8,10,14,16H,3,5,9H2,1-2H3. The molecule has 98 valence electrons. The molecule has 1 saturated heterocycles. The molecule has 1 fully saturated rings. The Morgan fingerprint density at radius 2 is 2.33 bits per heavy atom. The molecule has 2 rings (SSSR count). The highest BCUT2D eigenvalue weighted by Crippen LogP contribution is 2.27.